The van der Waals surface area contributed by atoms with Crippen molar-refractivity contribution < 1.29 is 15.0 Å². The number of β-amino-alcohol motifs (C(OH)–C–C–N with tert-alkyl or cyclic N) is 1. The van der Waals surface area contributed by atoms with Crippen LogP contribution in [0.25, 0.3) is 0 Å². The Morgan fingerprint density at radius 1 is 1.58 bits per heavy atom. The van der Waals surface area contributed by atoms with E-state index >= 15 is 0 Å². The SMILES string of the molecule is O=C(Nc1cccc(Cl)c1Br)N1C[C@@H](O)C[C@H]1CO. The molecule has 2 rings (SSSR count). The van der Waals surface area contributed by atoms with Gasteiger partial charge in [0.2, 0.25) is 0 Å². The third kappa shape index (κ3) is 3.20. The van der Waals surface area contributed by atoms with E-state index in [9.17, 15) is 15.0 Å². The van der Waals surface area contributed by atoms with Crippen LogP contribution in [0, 0.1) is 0 Å². The summed E-state index contributed by atoms with van der Waals surface area (Å²) in [7, 11) is 0. The summed E-state index contributed by atoms with van der Waals surface area (Å²) in [5.74, 6) is 0. The van der Waals surface area contributed by atoms with Crippen molar-refractivity contribution in [3.8, 4) is 0 Å². The van der Waals surface area contributed by atoms with Crippen molar-refractivity contribution in [2.24, 2.45) is 0 Å². The Bertz CT molecular complexity index is 486. The monoisotopic (exact) mass is 348 g/mol. The number of nitrogens with zero attached hydrogens (tertiary/aromatic N) is 1. The molecule has 1 aliphatic rings. The third-order valence-corrected chi connectivity index (χ3v) is 4.45. The Morgan fingerprint density at radius 2 is 2.32 bits per heavy atom. The molecular weight excluding hydrogens is 336 g/mol. The minimum Gasteiger partial charge on any atom is -0.394 e. The molecule has 1 saturated heterocycles. The summed E-state index contributed by atoms with van der Waals surface area (Å²) >= 11 is 9.24. The van der Waals surface area contributed by atoms with E-state index in [1.165, 1.54) is 4.90 Å². The number of nitrogens with one attached hydrogen (secondary N) is 1. The zero-order valence-electron chi connectivity index (χ0n) is 10.0. The van der Waals surface area contributed by atoms with Crippen LogP contribution in [0.4, 0.5) is 10.5 Å². The van der Waals surface area contributed by atoms with Gasteiger partial charge in [-0.2, -0.15) is 0 Å². The van der Waals surface area contributed by atoms with E-state index in [1.807, 2.05) is 0 Å². The topological polar surface area (TPSA) is 72.8 Å². The second-order valence-corrected chi connectivity index (χ2v) is 5.61. The molecule has 0 aromatic heterocycles. The molecule has 1 heterocycles. The van der Waals surface area contributed by atoms with Crippen LogP contribution >= 0.6 is 27.5 Å². The van der Waals surface area contributed by atoms with Crippen LogP contribution in [-0.2, 0) is 0 Å². The van der Waals surface area contributed by atoms with Gasteiger partial charge in [0.25, 0.3) is 0 Å². The average molecular weight is 350 g/mol. The van der Waals surface area contributed by atoms with Crippen LogP contribution in [-0.4, -0.2) is 46.4 Å². The van der Waals surface area contributed by atoms with Gasteiger partial charge in [0.1, 0.15) is 0 Å². The maximum absolute atomic E-state index is 12.1. The minimum atomic E-state index is -0.592. The molecule has 104 valence electrons. The van der Waals surface area contributed by atoms with Crippen LogP contribution < -0.4 is 5.32 Å². The maximum atomic E-state index is 12.1. The van der Waals surface area contributed by atoms with Crippen molar-refractivity contribution in [1.82, 2.24) is 4.90 Å². The average Bonchev–Trinajstić information content (AvgIpc) is 2.76. The molecule has 7 heteroatoms. The van der Waals surface area contributed by atoms with Gasteiger partial charge in [-0.3, -0.25) is 0 Å². The van der Waals surface area contributed by atoms with Crippen molar-refractivity contribution in [2.75, 3.05) is 18.5 Å². The number of carbonyl (C=O) groups is 1. The number of urea groups is 1. The normalized spacial score (nSPS) is 22.6. The quantitative estimate of drug-likeness (QED) is 0.765. The van der Waals surface area contributed by atoms with Crippen molar-refractivity contribution in [3.05, 3.63) is 27.7 Å². The van der Waals surface area contributed by atoms with E-state index in [1.54, 1.807) is 18.2 Å². The highest BCUT2D eigenvalue weighted by atomic mass is 79.9. The summed E-state index contributed by atoms with van der Waals surface area (Å²) in [4.78, 5) is 13.6. The summed E-state index contributed by atoms with van der Waals surface area (Å²) in [6.45, 7) is 0.0520. The first kappa shape index (κ1) is 14.6. The van der Waals surface area contributed by atoms with Gasteiger partial charge in [-0.05, 0) is 34.5 Å². The van der Waals surface area contributed by atoms with Gasteiger partial charge < -0.3 is 20.4 Å². The largest absolute Gasteiger partial charge is 0.394 e. The molecule has 19 heavy (non-hydrogen) atoms. The van der Waals surface area contributed by atoms with Crippen LogP contribution in [0.1, 0.15) is 6.42 Å². The van der Waals surface area contributed by atoms with E-state index in [0.717, 1.165) is 0 Å². The minimum absolute atomic E-state index is 0.165. The number of halogens is 2. The fourth-order valence-electron chi connectivity index (χ4n) is 2.10. The van der Waals surface area contributed by atoms with E-state index in [0.29, 0.717) is 21.6 Å². The van der Waals surface area contributed by atoms with Gasteiger partial charge in [-0.25, -0.2) is 4.79 Å². The number of benzene rings is 1. The van der Waals surface area contributed by atoms with Gasteiger partial charge in [0, 0.05) is 6.54 Å². The molecule has 2 atom stereocenters. The number of carbonyl (C=O) groups excluding carboxylic acids is 1. The molecule has 5 nitrogen and oxygen atoms in total. The number of amides is 2. The Morgan fingerprint density at radius 3 is 3.00 bits per heavy atom. The number of anilines is 1. The third-order valence-electron chi connectivity index (χ3n) is 3.06. The van der Waals surface area contributed by atoms with E-state index in [4.69, 9.17) is 11.6 Å². The second kappa shape index (κ2) is 6.09. The van der Waals surface area contributed by atoms with E-state index < -0.39 is 6.10 Å². The summed E-state index contributed by atoms with van der Waals surface area (Å²) in [6, 6.07) is 4.43. The molecule has 0 bridgehead atoms. The van der Waals surface area contributed by atoms with Crippen molar-refractivity contribution >= 4 is 39.2 Å². The Hall–Kier alpha value is -0.820. The molecule has 0 radical (unpaired) electrons. The van der Waals surface area contributed by atoms with Gasteiger partial charge in [-0.1, -0.05) is 17.7 Å². The van der Waals surface area contributed by atoms with E-state index in [2.05, 4.69) is 21.2 Å². The molecule has 0 saturated carbocycles. The van der Waals surface area contributed by atoms with Crippen molar-refractivity contribution in [3.63, 3.8) is 0 Å². The number of rotatable bonds is 2. The Balaban J connectivity index is 2.11. The fraction of sp³-hybridized carbons (Fsp3) is 0.417. The lowest BCUT2D eigenvalue weighted by Crippen LogP contribution is -2.40. The van der Waals surface area contributed by atoms with Gasteiger partial charge >= 0.3 is 6.03 Å². The number of hydrogen-bond acceptors (Lipinski definition) is 3. The molecule has 1 aromatic rings. The predicted molar refractivity (Wildman–Crippen MR) is 76.4 cm³/mol. The van der Waals surface area contributed by atoms with Crippen LogP contribution in [0.2, 0.25) is 5.02 Å². The number of hydrogen-bond donors (Lipinski definition) is 3. The summed E-state index contributed by atoms with van der Waals surface area (Å²) < 4.78 is 0.602. The fourth-order valence-corrected chi connectivity index (χ4v) is 2.64. The summed E-state index contributed by atoms with van der Waals surface area (Å²) in [5, 5.41) is 22.0. The first-order valence-corrected chi connectivity index (χ1v) is 7.00. The molecule has 1 fully saturated rings. The lowest BCUT2D eigenvalue weighted by Gasteiger charge is -2.23. The summed E-state index contributed by atoms with van der Waals surface area (Å²) in [5.41, 5.74) is 0.551. The molecule has 0 aliphatic carbocycles. The number of likely N-dealkylation sites (tertiary alicyclic amines) is 1. The Kier molecular flexibility index (Phi) is 4.67. The van der Waals surface area contributed by atoms with Gasteiger partial charge in [-0.15, -0.1) is 0 Å². The molecule has 1 aliphatic heterocycles. The van der Waals surface area contributed by atoms with Crippen LogP contribution in [0.3, 0.4) is 0 Å². The van der Waals surface area contributed by atoms with Gasteiger partial charge in [0.05, 0.1) is 33.9 Å². The molecule has 2 amide bonds. The predicted octanol–water partition coefficient (Wildman–Crippen LogP) is 2.06. The highest BCUT2D eigenvalue weighted by Crippen LogP contribution is 2.30. The number of aliphatic hydroxyl groups excluding tert-OH is 2. The lowest BCUT2D eigenvalue weighted by molar-refractivity contribution is 0.164. The second-order valence-electron chi connectivity index (χ2n) is 4.41. The molecule has 0 unspecified atom stereocenters. The van der Waals surface area contributed by atoms with Crippen molar-refractivity contribution in [1.29, 1.82) is 0 Å². The van der Waals surface area contributed by atoms with E-state index in [-0.39, 0.29) is 25.2 Å². The van der Waals surface area contributed by atoms with Crippen molar-refractivity contribution in [2.45, 2.75) is 18.6 Å². The lowest BCUT2D eigenvalue weighted by atomic mass is 10.2. The molecule has 1 aromatic carbocycles. The van der Waals surface area contributed by atoms with Crippen LogP contribution in [0.5, 0.6) is 0 Å². The summed E-state index contributed by atoms with van der Waals surface area (Å²) in [6.07, 6.45) is -0.202. The Labute approximate surface area is 124 Å². The van der Waals surface area contributed by atoms with Gasteiger partial charge in [0.15, 0.2) is 0 Å². The maximum Gasteiger partial charge on any atom is 0.322 e. The zero-order chi connectivity index (χ0) is 14.0. The highest BCUT2D eigenvalue weighted by molar-refractivity contribution is 9.10. The number of aliphatic hydroxyl groups is 2. The first-order chi connectivity index (χ1) is 9.02. The highest BCUT2D eigenvalue weighted by Gasteiger charge is 2.33. The standard InChI is InChI=1S/C12H14BrClN2O3/c13-11-9(14)2-1-3-10(11)15-12(19)16-5-8(18)4-7(16)6-17/h1-3,7-8,17-18H,4-6H2,(H,15,19)/t7-,8-/m0/s1. The zero-order valence-corrected chi connectivity index (χ0v) is 12.4. The first-order valence-electron chi connectivity index (χ1n) is 5.83. The molecule has 3 N–H and O–H groups in total. The molecule has 0 spiro atoms. The van der Waals surface area contributed by atoms with Crippen LogP contribution in [0.15, 0.2) is 22.7 Å². The molecular formula is C12H14BrClN2O3. The smallest absolute Gasteiger partial charge is 0.322 e.